The monoisotopic (exact) mass is 359 g/mol. The van der Waals surface area contributed by atoms with Crippen LogP contribution in [-0.2, 0) is 11.2 Å². The van der Waals surface area contributed by atoms with Crippen molar-refractivity contribution in [3.05, 3.63) is 47.2 Å². The first-order valence-electron chi connectivity index (χ1n) is 8.90. The Morgan fingerprint density at radius 2 is 2.04 bits per heavy atom. The van der Waals surface area contributed by atoms with Crippen LogP contribution in [0.4, 0.5) is 8.78 Å². The van der Waals surface area contributed by atoms with E-state index < -0.39 is 17.6 Å². The number of fused-ring (bicyclic) bond motifs is 1. The van der Waals surface area contributed by atoms with Crippen LogP contribution >= 0.6 is 0 Å². The second kappa shape index (κ2) is 6.67. The predicted molar refractivity (Wildman–Crippen MR) is 91.0 cm³/mol. The quantitative estimate of drug-likeness (QED) is 0.764. The van der Waals surface area contributed by atoms with Gasteiger partial charge in [0.15, 0.2) is 5.69 Å². The normalized spacial score (nSPS) is 18.8. The summed E-state index contributed by atoms with van der Waals surface area (Å²) < 4.78 is 38.8. The molecule has 0 bridgehead atoms. The summed E-state index contributed by atoms with van der Waals surface area (Å²) >= 11 is 0. The predicted octanol–water partition coefficient (Wildman–Crippen LogP) is 4.31. The van der Waals surface area contributed by atoms with E-state index in [0.717, 1.165) is 30.9 Å². The molecule has 2 aliphatic rings. The van der Waals surface area contributed by atoms with Crippen LogP contribution in [0.5, 0.6) is 5.88 Å². The van der Waals surface area contributed by atoms with Gasteiger partial charge < -0.3 is 9.47 Å². The first-order valence-corrected chi connectivity index (χ1v) is 8.90. The highest BCUT2D eigenvalue weighted by molar-refractivity contribution is 5.90. The Balaban J connectivity index is 1.82. The summed E-state index contributed by atoms with van der Waals surface area (Å²) in [5.41, 5.74) is 1.55. The van der Waals surface area contributed by atoms with E-state index in [2.05, 4.69) is 4.98 Å². The fourth-order valence-electron chi connectivity index (χ4n) is 3.43. The first-order chi connectivity index (χ1) is 12.6. The maximum Gasteiger partial charge on any atom is 0.357 e. The molecule has 0 N–H and O–H groups in total. The molecule has 136 valence electrons. The Hall–Kier alpha value is -2.50. The van der Waals surface area contributed by atoms with Gasteiger partial charge >= 0.3 is 5.97 Å². The van der Waals surface area contributed by atoms with Gasteiger partial charge in [0.2, 0.25) is 5.88 Å². The molecule has 2 heterocycles. The van der Waals surface area contributed by atoms with Crippen molar-refractivity contribution in [3.8, 4) is 17.0 Å². The first kappa shape index (κ1) is 16.9. The molecule has 0 unspecified atom stereocenters. The minimum absolute atomic E-state index is 0.0702. The zero-order valence-electron chi connectivity index (χ0n) is 14.4. The average molecular weight is 359 g/mol. The lowest BCUT2D eigenvalue weighted by Crippen LogP contribution is -2.26. The largest absolute Gasteiger partial charge is 0.474 e. The average Bonchev–Trinajstić information content (AvgIpc) is 3.46. The smallest absolute Gasteiger partial charge is 0.357 e. The Bertz CT molecular complexity index is 864. The molecule has 0 radical (unpaired) electrons. The lowest BCUT2D eigenvalue weighted by atomic mass is 9.93. The van der Waals surface area contributed by atoms with Gasteiger partial charge in [-0.1, -0.05) is 0 Å². The van der Waals surface area contributed by atoms with E-state index in [0.29, 0.717) is 23.8 Å². The summed E-state index contributed by atoms with van der Waals surface area (Å²) in [5, 5.41) is 0. The van der Waals surface area contributed by atoms with Crippen molar-refractivity contribution < 1.29 is 23.0 Å². The molecule has 0 spiro atoms. The van der Waals surface area contributed by atoms with Crippen LogP contribution in [0.15, 0.2) is 24.3 Å². The van der Waals surface area contributed by atoms with Gasteiger partial charge in [-0.25, -0.2) is 18.6 Å². The summed E-state index contributed by atoms with van der Waals surface area (Å²) in [6.07, 6.45) is 3.86. The van der Waals surface area contributed by atoms with Gasteiger partial charge in [-0.3, -0.25) is 0 Å². The zero-order chi connectivity index (χ0) is 18.3. The number of esters is 1. The molecule has 1 atom stereocenters. The number of nitrogens with zero attached hydrogens (tertiary/aromatic N) is 1. The molecule has 1 aliphatic carbocycles. The highest BCUT2D eigenvalue weighted by Gasteiger charge is 2.37. The second-order valence-electron chi connectivity index (χ2n) is 6.72. The molecule has 1 aromatic heterocycles. The van der Waals surface area contributed by atoms with Crippen LogP contribution < -0.4 is 4.74 Å². The molecule has 6 heteroatoms. The van der Waals surface area contributed by atoms with E-state index in [-0.39, 0.29) is 24.0 Å². The fraction of sp³-hybridized carbons (Fsp3) is 0.400. The van der Waals surface area contributed by atoms with Crippen molar-refractivity contribution in [3.63, 3.8) is 0 Å². The van der Waals surface area contributed by atoms with Crippen molar-refractivity contribution in [1.29, 1.82) is 0 Å². The van der Waals surface area contributed by atoms with Crippen LogP contribution in [0.3, 0.4) is 0 Å². The van der Waals surface area contributed by atoms with Crippen molar-refractivity contribution in [2.75, 3.05) is 6.61 Å². The lowest BCUT2D eigenvalue weighted by molar-refractivity contribution is 0.0516. The molecule has 0 amide bonds. The van der Waals surface area contributed by atoms with E-state index in [4.69, 9.17) is 9.47 Å². The van der Waals surface area contributed by atoms with Gasteiger partial charge in [0, 0.05) is 17.2 Å². The second-order valence-corrected chi connectivity index (χ2v) is 6.72. The van der Waals surface area contributed by atoms with Crippen molar-refractivity contribution in [2.45, 2.75) is 38.7 Å². The molecule has 1 aromatic carbocycles. The summed E-state index contributed by atoms with van der Waals surface area (Å²) in [6.45, 7) is 1.92. The molecular weight excluding hydrogens is 340 g/mol. The van der Waals surface area contributed by atoms with Crippen molar-refractivity contribution >= 4 is 5.97 Å². The van der Waals surface area contributed by atoms with Gasteiger partial charge in [-0.05, 0) is 62.3 Å². The van der Waals surface area contributed by atoms with Gasteiger partial charge in [-0.15, -0.1) is 0 Å². The van der Waals surface area contributed by atoms with Gasteiger partial charge in [-0.2, -0.15) is 0 Å². The zero-order valence-corrected chi connectivity index (χ0v) is 14.4. The number of carbonyl (C=O) groups excluding carboxylic acids is 1. The van der Waals surface area contributed by atoms with Gasteiger partial charge in [0.05, 0.1) is 6.61 Å². The topological polar surface area (TPSA) is 48.4 Å². The third kappa shape index (κ3) is 3.16. The minimum Gasteiger partial charge on any atom is -0.474 e. The Morgan fingerprint density at radius 3 is 2.73 bits per heavy atom. The number of halogens is 2. The molecule has 26 heavy (non-hydrogen) atoms. The highest BCUT2D eigenvalue weighted by Crippen LogP contribution is 2.43. The minimum atomic E-state index is -0.683. The standard InChI is InChI=1S/C20H19F2NO3/c1-2-25-20(24)17-10-15(13-6-5-12(21)9-16(13)22)14-7-8-18(11-3-4-11)26-19(14)23-17/h5-6,9-11,18H,2-4,7-8H2,1H3/t18-/m0/s1. The summed E-state index contributed by atoms with van der Waals surface area (Å²) in [6, 6.07) is 4.92. The number of hydrogen-bond donors (Lipinski definition) is 0. The molecular formula is C20H19F2NO3. The highest BCUT2D eigenvalue weighted by atomic mass is 19.1. The number of rotatable bonds is 4. The SMILES string of the molecule is CCOC(=O)c1cc(-c2ccc(F)cc2F)c2c(n1)O[C@H](C1CC1)CC2. The molecule has 4 nitrogen and oxygen atoms in total. The van der Waals surface area contributed by atoms with Crippen LogP contribution in [0.1, 0.15) is 42.2 Å². The Kier molecular flexibility index (Phi) is 4.34. The molecule has 2 aromatic rings. The summed E-state index contributed by atoms with van der Waals surface area (Å²) in [7, 11) is 0. The van der Waals surface area contributed by atoms with Crippen LogP contribution in [0, 0.1) is 17.6 Å². The maximum absolute atomic E-state index is 14.4. The van der Waals surface area contributed by atoms with E-state index in [1.54, 1.807) is 6.92 Å². The number of hydrogen-bond acceptors (Lipinski definition) is 4. The van der Waals surface area contributed by atoms with Crippen LogP contribution in [-0.4, -0.2) is 23.7 Å². The molecule has 1 fully saturated rings. The molecule has 4 rings (SSSR count). The third-order valence-corrected chi connectivity index (χ3v) is 4.88. The summed E-state index contributed by atoms with van der Waals surface area (Å²) in [5.74, 6) is -1.03. The van der Waals surface area contributed by atoms with E-state index in [1.165, 1.54) is 18.2 Å². The Morgan fingerprint density at radius 1 is 1.23 bits per heavy atom. The number of aromatic nitrogens is 1. The van der Waals surface area contributed by atoms with Gasteiger partial charge in [0.1, 0.15) is 17.7 Å². The van der Waals surface area contributed by atoms with Crippen LogP contribution in [0.2, 0.25) is 0 Å². The number of ether oxygens (including phenoxy) is 2. The van der Waals surface area contributed by atoms with Gasteiger partial charge in [0.25, 0.3) is 0 Å². The van der Waals surface area contributed by atoms with Crippen molar-refractivity contribution in [1.82, 2.24) is 4.98 Å². The molecule has 1 aliphatic heterocycles. The van der Waals surface area contributed by atoms with Crippen LogP contribution in [0.25, 0.3) is 11.1 Å². The number of carbonyl (C=O) groups is 1. The molecule has 1 saturated carbocycles. The lowest BCUT2D eigenvalue weighted by Gasteiger charge is -2.27. The van der Waals surface area contributed by atoms with E-state index in [9.17, 15) is 13.6 Å². The van der Waals surface area contributed by atoms with E-state index >= 15 is 0 Å². The number of benzene rings is 1. The summed E-state index contributed by atoms with van der Waals surface area (Å²) in [4.78, 5) is 16.5. The van der Waals surface area contributed by atoms with E-state index in [1.807, 2.05) is 0 Å². The third-order valence-electron chi connectivity index (χ3n) is 4.88. The Labute approximate surface area is 150 Å². The molecule has 0 saturated heterocycles. The maximum atomic E-state index is 14.4. The fourth-order valence-corrected chi connectivity index (χ4v) is 3.43. The van der Waals surface area contributed by atoms with Crippen molar-refractivity contribution in [2.24, 2.45) is 5.92 Å². The number of pyridine rings is 1.